The van der Waals surface area contributed by atoms with Crippen molar-refractivity contribution in [1.29, 1.82) is 0 Å². The maximum Gasteiger partial charge on any atom is 0.417 e. The van der Waals surface area contributed by atoms with Gasteiger partial charge in [0, 0.05) is 34.3 Å². The fraction of sp³-hybridized carbons (Fsp3) is 0.375. The molecule has 2 heterocycles. The number of alkyl halides is 3. The number of rotatable bonds is 9. The number of carbonyl (C=O) groups is 1. The highest BCUT2D eigenvalue weighted by Crippen LogP contribution is 2.45. The highest BCUT2D eigenvalue weighted by Gasteiger charge is 2.39. The summed E-state index contributed by atoms with van der Waals surface area (Å²) in [4.78, 5) is 20.4. The molecule has 12 heteroatoms. The second-order valence-electron chi connectivity index (χ2n) is 8.76. The van der Waals surface area contributed by atoms with Crippen LogP contribution in [-0.2, 0) is 21.6 Å². The molecule has 4 rings (SSSR count). The molecule has 0 bridgehead atoms. The number of thiazole rings is 1. The van der Waals surface area contributed by atoms with Gasteiger partial charge in [-0.1, -0.05) is 19.9 Å². The molecule has 192 valence electrons. The second-order valence-corrected chi connectivity index (χ2v) is 11.6. The van der Waals surface area contributed by atoms with E-state index in [0.29, 0.717) is 42.5 Å². The fourth-order valence-electron chi connectivity index (χ4n) is 4.34. The van der Waals surface area contributed by atoms with Crippen LogP contribution in [0.2, 0.25) is 0 Å². The highest BCUT2D eigenvalue weighted by molar-refractivity contribution is 7.93. The van der Waals surface area contributed by atoms with Crippen molar-refractivity contribution in [2.45, 2.75) is 56.4 Å². The van der Waals surface area contributed by atoms with E-state index in [1.165, 1.54) is 12.3 Å². The van der Waals surface area contributed by atoms with Crippen LogP contribution in [0.4, 0.5) is 18.3 Å². The fourth-order valence-corrected chi connectivity index (χ4v) is 6.75. The van der Waals surface area contributed by atoms with E-state index >= 15 is 0 Å². The Labute approximate surface area is 211 Å². The molecule has 0 saturated heterocycles. The minimum absolute atomic E-state index is 0.199. The molecule has 1 fully saturated rings. The number of halogens is 3. The number of nitrogens with one attached hydrogen (secondary N) is 1. The van der Waals surface area contributed by atoms with Crippen LogP contribution < -0.4 is 10.5 Å². The zero-order valence-corrected chi connectivity index (χ0v) is 21.2. The number of pyridine rings is 1. The van der Waals surface area contributed by atoms with E-state index in [-0.39, 0.29) is 16.3 Å². The summed E-state index contributed by atoms with van der Waals surface area (Å²) in [6.07, 6.45) is -0.318. The van der Waals surface area contributed by atoms with Crippen molar-refractivity contribution in [2.24, 2.45) is 5.73 Å². The van der Waals surface area contributed by atoms with Crippen LogP contribution in [0.1, 0.15) is 66.7 Å². The SMILES string of the molecule is CCC(CC)(c1csc(NS(=O)(=O)C2CC2)n1)c1cc(C(N)=O)ccc1-c1cncc(C(F)(F)F)c1. The Morgan fingerprint density at radius 2 is 1.86 bits per heavy atom. The monoisotopic (exact) mass is 538 g/mol. The third kappa shape index (κ3) is 4.96. The normalized spacial score (nSPS) is 14.6. The standard InChI is InChI=1S/C24H25F3N4O3S2/c1-3-23(4-2,20-13-35-22(30-20)31-36(33,34)17-6-7-17)19-10-14(21(28)32)5-8-18(19)15-9-16(12-29-11-15)24(25,26)27/h5,8-13,17H,3-4,6-7H2,1-2H3,(H2,28,32)(H,30,31). The third-order valence-corrected chi connectivity index (χ3v) is 9.30. The average molecular weight is 539 g/mol. The summed E-state index contributed by atoms with van der Waals surface area (Å²) in [5, 5.41) is 1.54. The largest absolute Gasteiger partial charge is 0.417 e. The molecule has 36 heavy (non-hydrogen) atoms. The molecule has 1 aliphatic rings. The van der Waals surface area contributed by atoms with Gasteiger partial charge < -0.3 is 5.73 Å². The molecule has 1 saturated carbocycles. The molecule has 7 nitrogen and oxygen atoms in total. The first kappa shape index (κ1) is 26.1. The Balaban J connectivity index is 1.88. The average Bonchev–Trinajstić information content (AvgIpc) is 3.61. The summed E-state index contributed by atoms with van der Waals surface area (Å²) >= 11 is 1.14. The van der Waals surface area contributed by atoms with Gasteiger partial charge in [-0.25, -0.2) is 13.4 Å². The van der Waals surface area contributed by atoms with Crippen LogP contribution in [0.25, 0.3) is 11.1 Å². The third-order valence-electron chi connectivity index (χ3n) is 6.59. The molecule has 0 aliphatic heterocycles. The number of carbonyl (C=O) groups excluding carboxylic acids is 1. The van der Waals surface area contributed by atoms with E-state index in [2.05, 4.69) is 14.7 Å². The molecule has 2 aromatic heterocycles. The van der Waals surface area contributed by atoms with Crippen molar-refractivity contribution < 1.29 is 26.4 Å². The predicted molar refractivity (Wildman–Crippen MR) is 132 cm³/mol. The molecular weight excluding hydrogens is 513 g/mol. The van der Waals surface area contributed by atoms with E-state index in [1.807, 2.05) is 13.8 Å². The summed E-state index contributed by atoms with van der Waals surface area (Å²) in [7, 11) is -3.52. The lowest BCUT2D eigenvalue weighted by Crippen LogP contribution is -2.28. The lowest BCUT2D eigenvalue weighted by Gasteiger charge is -2.33. The first-order valence-corrected chi connectivity index (χ1v) is 13.8. The number of primary amides is 1. The Hall–Kier alpha value is -2.99. The zero-order chi connectivity index (χ0) is 26.3. The number of hydrogen-bond donors (Lipinski definition) is 2. The van der Waals surface area contributed by atoms with Gasteiger partial charge in [-0.2, -0.15) is 13.2 Å². The second kappa shape index (κ2) is 9.47. The Morgan fingerprint density at radius 3 is 2.44 bits per heavy atom. The summed E-state index contributed by atoms with van der Waals surface area (Å²) in [5.74, 6) is -0.678. The van der Waals surface area contributed by atoms with Crippen LogP contribution in [0, 0.1) is 0 Å². The van der Waals surface area contributed by atoms with Crippen molar-refractivity contribution in [3.63, 3.8) is 0 Å². The predicted octanol–water partition coefficient (Wildman–Crippen LogP) is 5.33. The van der Waals surface area contributed by atoms with E-state index in [9.17, 15) is 26.4 Å². The van der Waals surface area contributed by atoms with Gasteiger partial charge in [-0.15, -0.1) is 11.3 Å². The van der Waals surface area contributed by atoms with Crippen LogP contribution >= 0.6 is 11.3 Å². The maximum atomic E-state index is 13.4. The number of hydrogen-bond acceptors (Lipinski definition) is 6. The summed E-state index contributed by atoms with van der Waals surface area (Å²) < 4.78 is 67.6. The molecule has 1 amide bonds. The number of anilines is 1. The van der Waals surface area contributed by atoms with Gasteiger partial charge in [0.2, 0.25) is 15.9 Å². The lowest BCUT2D eigenvalue weighted by molar-refractivity contribution is -0.137. The van der Waals surface area contributed by atoms with Gasteiger partial charge in [0.25, 0.3) is 0 Å². The molecule has 1 aliphatic carbocycles. The summed E-state index contributed by atoms with van der Waals surface area (Å²) in [6.45, 7) is 3.81. The summed E-state index contributed by atoms with van der Waals surface area (Å²) in [6, 6.07) is 5.63. The molecular formula is C24H25F3N4O3S2. The topological polar surface area (TPSA) is 115 Å². The minimum Gasteiger partial charge on any atom is -0.366 e. The maximum absolute atomic E-state index is 13.4. The number of aromatic nitrogens is 2. The Morgan fingerprint density at radius 1 is 1.17 bits per heavy atom. The van der Waals surface area contributed by atoms with Crippen LogP contribution in [0.3, 0.4) is 0 Å². The molecule has 0 radical (unpaired) electrons. The Kier molecular flexibility index (Phi) is 6.86. The molecule has 0 atom stereocenters. The number of nitrogens with zero attached hydrogens (tertiary/aromatic N) is 2. The van der Waals surface area contributed by atoms with Gasteiger partial charge in [0.05, 0.1) is 16.5 Å². The number of sulfonamides is 1. The zero-order valence-electron chi connectivity index (χ0n) is 19.6. The molecule has 1 aromatic carbocycles. The van der Waals surface area contributed by atoms with E-state index in [4.69, 9.17) is 5.73 Å². The first-order chi connectivity index (χ1) is 16.9. The first-order valence-electron chi connectivity index (χ1n) is 11.4. The van der Waals surface area contributed by atoms with Crippen molar-refractivity contribution in [3.05, 3.63) is 64.4 Å². The van der Waals surface area contributed by atoms with Crippen molar-refractivity contribution in [2.75, 3.05) is 4.72 Å². The lowest BCUT2D eigenvalue weighted by atomic mass is 9.70. The summed E-state index contributed by atoms with van der Waals surface area (Å²) in [5.41, 5.74) is 5.80. The van der Waals surface area contributed by atoms with Gasteiger partial charge in [0.1, 0.15) is 0 Å². The van der Waals surface area contributed by atoms with Gasteiger partial charge >= 0.3 is 6.18 Å². The Bertz CT molecular complexity index is 1400. The van der Waals surface area contributed by atoms with Crippen LogP contribution in [0.5, 0.6) is 0 Å². The van der Waals surface area contributed by atoms with E-state index in [1.54, 1.807) is 17.5 Å². The number of nitrogens with two attached hydrogens (primary N) is 1. The van der Waals surface area contributed by atoms with Gasteiger partial charge in [0.15, 0.2) is 5.13 Å². The number of benzene rings is 1. The minimum atomic E-state index is -4.58. The number of amides is 1. The molecule has 3 aromatic rings. The molecule has 0 unspecified atom stereocenters. The van der Waals surface area contributed by atoms with Gasteiger partial charge in [-0.05, 0) is 55.0 Å². The van der Waals surface area contributed by atoms with E-state index < -0.39 is 38.3 Å². The van der Waals surface area contributed by atoms with E-state index in [0.717, 1.165) is 23.6 Å². The highest BCUT2D eigenvalue weighted by atomic mass is 32.2. The smallest absolute Gasteiger partial charge is 0.366 e. The van der Waals surface area contributed by atoms with Gasteiger partial charge in [-0.3, -0.25) is 14.5 Å². The van der Waals surface area contributed by atoms with Crippen molar-refractivity contribution >= 4 is 32.4 Å². The quantitative estimate of drug-likeness (QED) is 0.382. The van der Waals surface area contributed by atoms with Crippen molar-refractivity contribution in [3.8, 4) is 11.1 Å². The molecule has 0 spiro atoms. The van der Waals surface area contributed by atoms with Crippen molar-refractivity contribution in [1.82, 2.24) is 9.97 Å². The van der Waals surface area contributed by atoms with Crippen LogP contribution in [-0.4, -0.2) is 29.5 Å². The molecule has 3 N–H and O–H groups in total. The van der Waals surface area contributed by atoms with Crippen LogP contribution in [0.15, 0.2) is 42.0 Å².